The van der Waals surface area contributed by atoms with E-state index >= 15 is 0 Å². The molecule has 1 aliphatic rings. The Morgan fingerprint density at radius 1 is 1.50 bits per heavy atom. The Bertz CT molecular complexity index is 216. The molecular weight excluding hydrogens is 210 g/mol. The first kappa shape index (κ1) is 13.4. The van der Waals surface area contributed by atoms with Crippen molar-refractivity contribution in [2.75, 3.05) is 13.1 Å². The van der Waals surface area contributed by atoms with E-state index in [9.17, 15) is 0 Å². The van der Waals surface area contributed by atoms with Crippen molar-refractivity contribution in [3.63, 3.8) is 0 Å². The van der Waals surface area contributed by atoms with Crippen molar-refractivity contribution in [2.45, 2.75) is 13.8 Å². The van der Waals surface area contributed by atoms with Crippen molar-refractivity contribution in [2.24, 2.45) is 0 Å². The molecule has 0 aromatic heterocycles. The van der Waals surface area contributed by atoms with Gasteiger partial charge in [-0.1, -0.05) is 11.6 Å². The van der Waals surface area contributed by atoms with Gasteiger partial charge in [0.1, 0.15) is 0 Å². The van der Waals surface area contributed by atoms with Gasteiger partial charge in [-0.2, -0.15) is 14.0 Å². The molecule has 0 aromatic carbocycles. The van der Waals surface area contributed by atoms with Gasteiger partial charge in [-0.25, -0.2) is 0 Å². The molecule has 0 spiro atoms. The average Bonchev–Trinajstić information content (AvgIpc) is 2.03. The molecule has 82 valence electrons. The third-order valence-corrected chi connectivity index (χ3v) is 1.60. The van der Waals surface area contributed by atoms with E-state index in [0.29, 0.717) is 0 Å². The first-order valence-electron chi connectivity index (χ1n) is 4.05. The van der Waals surface area contributed by atoms with Gasteiger partial charge in [-0.15, -0.1) is 0 Å². The van der Waals surface area contributed by atoms with Crippen LogP contribution < -0.4 is 14.0 Å². The molecule has 0 saturated heterocycles. The molecule has 0 bridgehead atoms. The lowest BCUT2D eigenvalue weighted by molar-refractivity contribution is -1.92. The number of nitrogens with zero attached hydrogens (tertiary/aromatic N) is 1. The lowest BCUT2D eigenvalue weighted by Crippen LogP contribution is -2.58. The molecule has 1 aliphatic heterocycles. The second-order valence-electron chi connectivity index (χ2n) is 2.75. The Balaban J connectivity index is 0.000000292. The molecule has 0 fully saturated rings. The van der Waals surface area contributed by atoms with E-state index in [2.05, 4.69) is 37.1 Å². The highest BCUT2D eigenvalue weighted by Gasteiger charge is 1.99. The molecule has 0 aliphatic carbocycles. The van der Waals surface area contributed by atoms with Crippen LogP contribution in [0.1, 0.15) is 13.8 Å². The minimum atomic E-state index is -4.69. The summed E-state index contributed by atoms with van der Waals surface area (Å²) in [5.74, 6) is 0. The summed E-state index contributed by atoms with van der Waals surface area (Å²) in [4.78, 5) is 2.27. The fourth-order valence-electron chi connectivity index (χ4n) is 0.848. The molecule has 14 heavy (non-hydrogen) atoms. The van der Waals surface area contributed by atoms with Crippen molar-refractivity contribution in [1.82, 2.24) is 4.90 Å². The fraction of sp³-hybridized carbons (Fsp3) is 0.500. The zero-order chi connectivity index (χ0) is 11.2. The Morgan fingerprint density at radius 2 is 2.00 bits per heavy atom. The number of likely N-dealkylation sites (N-methyl/N-ethyl adjacent to an activating group) is 1. The van der Waals surface area contributed by atoms with Gasteiger partial charge >= 0.3 is 0 Å². The topological polar surface area (TPSA) is 92.7 Å². The van der Waals surface area contributed by atoms with E-state index < -0.39 is 10.2 Å². The quantitative estimate of drug-likeness (QED) is 0.538. The molecule has 0 unspecified atom stereocenters. The minimum absolute atomic E-state index is 1.08. The van der Waals surface area contributed by atoms with Gasteiger partial charge in [0.15, 0.2) is 0 Å². The highest BCUT2D eigenvalue weighted by atomic mass is 35.7. The third-order valence-electron chi connectivity index (χ3n) is 1.60. The van der Waals surface area contributed by atoms with E-state index in [1.54, 1.807) is 0 Å². The third kappa shape index (κ3) is 9.50. The summed E-state index contributed by atoms with van der Waals surface area (Å²) >= 11 is 0. The van der Waals surface area contributed by atoms with Gasteiger partial charge in [0.05, 0.1) is 14.9 Å². The number of hydrogen-bond donors (Lipinski definition) is 1. The molecule has 0 radical (unpaired) electrons. The van der Waals surface area contributed by atoms with Crippen LogP contribution in [0.4, 0.5) is 0 Å². The van der Waals surface area contributed by atoms with Crippen LogP contribution >= 0.6 is 0 Å². The van der Waals surface area contributed by atoms with Crippen LogP contribution in [0, 0.1) is 10.2 Å². The monoisotopic (exact) mass is 223 g/mol. The van der Waals surface area contributed by atoms with E-state index in [4.69, 9.17) is 18.6 Å². The first-order chi connectivity index (χ1) is 6.33. The molecule has 0 aromatic rings. The summed E-state index contributed by atoms with van der Waals surface area (Å²) in [6.45, 7) is 6.49. The highest BCUT2D eigenvalue weighted by molar-refractivity contribution is 5.19. The molecule has 0 saturated carbocycles. The maximum absolute atomic E-state index is 8.60. The van der Waals surface area contributed by atoms with Crippen LogP contribution in [0.25, 0.3) is 0 Å². The van der Waals surface area contributed by atoms with Crippen molar-refractivity contribution >= 4 is 0 Å². The summed E-state index contributed by atoms with van der Waals surface area (Å²) in [5, 5.41) is 0. The molecule has 0 atom stereocenters. The first-order valence-corrected chi connectivity index (χ1v) is 5.31. The second-order valence-corrected chi connectivity index (χ2v) is 3.54. The van der Waals surface area contributed by atoms with Crippen molar-refractivity contribution in [3.8, 4) is 0 Å². The van der Waals surface area contributed by atoms with Gasteiger partial charge < -0.3 is 4.90 Å². The van der Waals surface area contributed by atoms with Gasteiger partial charge in [0.25, 0.3) is 0 Å². The number of hydrogen-bond acceptors (Lipinski definition) is 5. The maximum atomic E-state index is 8.60. The van der Waals surface area contributed by atoms with Crippen LogP contribution in [0.3, 0.4) is 0 Å². The van der Waals surface area contributed by atoms with Gasteiger partial charge in [-0.3, -0.25) is 0 Å². The average molecular weight is 224 g/mol. The fourth-order valence-corrected chi connectivity index (χ4v) is 0.848. The lowest BCUT2D eigenvalue weighted by atomic mass is 10.2. The minimum Gasteiger partial charge on any atom is -0.374 e. The Morgan fingerprint density at radius 3 is 2.29 bits per heavy atom. The summed E-state index contributed by atoms with van der Waals surface area (Å²) in [6, 6.07) is 0. The molecule has 1 rings (SSSR count). The van der Waals surface area contributed by atoms with Crippen LogP contribution in [0.5, 0.6) is 0 Å². The van der Waals surface area contributed by atoms with Gasteiger partial charge in [0, 0.05) is 13.1 Å². The largest absolute Gasteiger partial charge is 0.374 e. The van der Waals surface area contributed by atoms with E-state index in [0.717, 1.165) is 13.1 Å². The Labute approximate surface area is 85.3 Å². The SMILES string of the molecule is CCN1C=CC(C)=CC1.[O-][Cl+3]([O-])([O-])O. The van der Waals surface area contributed by atoms with Crippen molar-refractivity contribution in [1.29, 1.82) is 0 Å². The van der Waals surface area contributed by atoms with Gasteiger partial charge in [-0.05, 0) is 26.1 Å². The van der Waals surface area contributed by atoms with E-state index in [1.165, 1.54) is 5.57 Å². The normalized spacial score (nSPS) is 15.9. The predicted molar refractivity (Wildman–Crippen MR) is 42.4 cm³/mol. The van der Waals surface area contributed by atoms with E-state index in [-0.39, 0.29) is 0 Å². The van der Waals surface area contributed by atoms with Crippen LogP contribution in [0.15, 0.2) is 23.9 Å². The zero-order valence-corrected chi connectivity index (χ0v) is 8.90. The molecule has 6 heteroatoms. The summed E-state index contributed by atoms with van der Waals surface area (Å²) in [7, 11) is -4.69. The van der Waals surface area contributed by atoms with Crippen molar-refractivity contribution in [3.05, 3.63) is 23.9 Å². The molecule has 0 amide bonds. The summed E-state index contributed by atoms with van der Waals surface area (Å²) < 4.78 is 32.7. The summed E-state index contributed by atoms with van der Waals surface area (Å²) in [6.07, 6.45) is 6.53. The van der Waals surface area contributed by atoms with Crippen LogP contribution in [-0.4, -0.2) is 22.6 Å². The molecular formula is C8H14ClNO4. The van der Waals surface area contributed by atoms with E-state index in [1.807, 2.05) is 0 Å². The smallest absolute Gasteiger partial charge is 0.0777 e. The van der Waals surface area contributed by atoms with Crippen molar-refractivity contribution < 1.29 is 28.9 Å². The number of halogens is 1. The summed E-state index contributed by atoms with van der Waals surface area (Å²) in [5.41, 5.74) is 1.37. The van der Waals surface area contributed by atoms with Gasteiger partial charge in [0.2, 0.25) is 0 Å². The highest BCUT2D eigenvalue weighted by Crippen LogP contribution is 2.04. The van der Waals surface area contributed by atoms with Crippen LogP contribution in [-0.2, 0) is 0 Å². The predicted octanol–water partition coefficient (Wildman–Crippen LogP) is -2.34. The molecule has 5 nitrogen and oxygen atoms in total. The number of allylic oxidation sites excluding steroid dienone is 2. The molecule has 1 N–H and O–H groups in total. The second kappa shape index (κ2) is 6.00. The zero-order valence-electron chi connectivity index (χ0n) is 8.14. The Kier molecular flexibility index (Phi) is 5.75. The lowest BCUT2D eigenvalue weighted by Gasteiger charge is -2.19. The molecule has 1 heterocycles. The Hall–Kier alpha value is -0.590. The standard InChI is InChI=1S/C8H13N.ClHO4/c1-3-9-6-4-8(2)5-7-9;2-1(3,4)5/h4-6H,3,7H2,1-2H3;(H,2,3,4,5). The van der Waals surface area contributed by atoms with Crippen LogP contribution in [0.2, 0.25) is 0 Å². The maximum Gasteiger partial charge on any atom is 0.0777 e. The number of rotatable bonds is 1.